The lowest BCUT2D eigenvalue weighted by atomic mass is 9.94. The van der Waals surface area contributed by atoms with Gasteiger partial charge in [-0.05, 0) is 32.3 Å². The van der Waals surface area contributed by atoms with Crippen molar-refractivity contribution in [2.24, 2.45) is 5.92 Å². The Balaban J connectivity index is 2.62. The molecule has 90 valence electrons. The summed E-state index contributed by atoms with van der Waals surface area (Å²) >= 11 is 0. The standard InChI is InChI=1S/C15H18O2/c1-3-4-5-6-14(15(16)17)11-13-9-7-12(2)8-10-13/h7-10,14H,5-6,11H2,1-2H3,(H,16,17). The molecule has 17 heavy (non-hydrogen) atoms. The van der Waals surface area contributed by atoms with Gasteiger partial charge in [-0.15, -0.1) is 11.8 Å². The van der Waals surface area contributed by atoms with Crippen LogP contribution in [-0.4, -0.2) is 11.1 Å². The van der Waals surface area contributed by atoms with E-state index < -0.39 is 5.97 Å². The topological polar surface area (TPSA) is 37.3 Å². The summed E-state index contributed by atoms with van der Waals surface area (Å²) in [7, 11) is 0. The number of benzene rings is 1. The molecule has 2 nitrogen and oxygen atoms in total. The molecule has 1 aromatic rings. The van der Waals surface area contributed by atoms with Crippen LogP contribution in [0.4, 0.5) is 0 Å². The number of hydrogen-bond donors (Lipinski definition) is 1. The first-order valence-electron chi connectivity index (χ1n) is 5.81. The van der Waals surface area contributed by atoms with Gasteiger partial charge in [0.15, 0.2) is 0 Å². The molecule has 0 fully saturated rings. The molecule has 0 radical (unpaired) electrons. The van der Waals surface area contributed by atoms with E-state index in [1.165, 1.54) is 5.56 Å². The van der Waals surface area contributed by atoms with Gasteiger partial charge in [0, 0.05) is 6.42 Å². The summed E-state index contributed by atoms with van der Waals surface area (Å²) in [5.74, 6) is 4.64. The van der Waals surface area contributed by atoms with E-state index in [2.05, 4.69) is 11.8 Å². The molecule has 0 amide bonds. The van der Waals surface area contributed by atoms with Crippen molar-refractivity contribution in [3.63, 3.8) is 0 Å². The van der Waals surface area contributed by atoms with Gasteiger partial charge in [0.2, 0.25) is 0 Å². The van der Waals surface area contributed by atoms with E-state index in [0.29, 0.717) is 19.3 Å². The number of carboxylic acids is 1. The Morgan fingerprint density at radius 3 is 2.53 bits per heavy atom. The van der Waals surface area contributed by atoms with Crippen molar-refractivity contribution in [1.82, 2.24) is 0 Å². The monoisotopic (exact) mass is 230 g/mol. The van der Waals surface area contributed by atoms with Gasteiger partial charge < -0.3 is 5.11 Å². The second-order valence-electron chi connectivity index (χ2n) is 4.19. The van der Waals surface area contributed by atoms with E-state index in [9.17, 15) is 4.79 Å². The normalized spacial score (nSPS) is 11.4. The highest BCUT2D eigenvalue weighted by Crippen LogP contribution is 2.15. The van der Waals surface area contributed by atoms with Crippen LogP contribution < -0.4 is 0 Å². The van der Waals surface area contributed by atoms with Crippen molar-refractivity contribution < 1.29 is 9.90 Å². The zero-order valence-corrected chi connectivity index (χ0v) is 10.4. The van der Waals surface area contributed by atoms with Crippen molar-refractivity contribution in [2.45, 2.75) is 33.1 Å². The first-order valence-corrected chi connectivity index (χ1v) is 5.81. The molecule has 0 aromatic heterocycles. The smallest absolute Gasteiger partial charge is 0.306 e. The molecule has 1 N–H and O–H groups in total. The van der Waals surface area contributed by atoms with Crippen molar-refractivity contribution in [1.29, 1.82) is 0 Å². The average Bonchev–Trinajstić information content (AvgIpc) is 2.30. The molecule has 0 aliphatic carbocycles. The number of hydrogen-bond acceptors (Lipinski definition) is 1. The lowest BCUT2D eigenvalue weighted by Crippen LogP contribution is -2.16. The highest BCUT2D eigenvalue weighted by molar-refractivity contribution is 5.70. The molecule has 1 unspecified atom stereocenters. The van der Waals surface area contributed by atoms with Gasteiger partial charge in [0.1, 0.15) is 0 Å². The molecular formula is C15H18O2. The van der Waals surface area contributed by atoms with E-state index >= 15 is 0 Å². The predicted octanol–water partition coefficient (Wildman–Crippen LogP) is 3.04. The third-order valence-electron chi connectivity index (χ3n) is 2.75. The maximum Gasteiger partial charge on any atom is 0.306 e. The number of carbonyl (C=O) groups is 1. The van der Waals surface area contributed by atoms with Crippen LogP contribution >= 0.6 is 0 Å². The molecule has 0 saturated heterocycles. The van der Waals surface area contributed by atoms with Crippen LogP contribution in [0.2, 0.25) is 0 Å². The minimum atomic E-state index is -0.733. The summed E-state index contributed by atoms with van der Waals surface area (Å²) < 4.78 is 0. The summed E-state index contributed by atoms with van der Waals surface area (Å²) in [4.78, 5) is 11.1. The van der Waals surface area contributed by atoms with E-state index in [0.717, 1.165) is 5.56 Å². The van der Waals surface area contributed by atoms with E-state index in [1.807, 2.05) is 31.2 Å². The van der Waals surface area contributed by atoms with Crippen molar-refractivity contribution >= 4 is 5.97 Å². The second-order valence-corrected chi connectivity index (χ2v) is 4.19. The molecule has 0 bridgehead atoms. The Labute approximate surface area is 103 Å². The second kappa shape index (κ2) is 6.75. The fourth-order valence-corrected chi connectivity index (χ4v) is 1.69. The SMILES string of the molecule is CC#CCCC(Cc1ccc(C)cc1)C(=O)O. The molecular weight excluding hydrogens is 212 g/mol. The van der Waals surface area contributed by atoms with Crippen LogP contribution in [0.3, 0.4) is 0 Å². The van der Waals surface area contributed by atoms with Crippen LogP contribution in [0.15, 0.2) is 24.3 Å². The van der Waals surface area contributed by atoms with E-state index in [4.69, 9.17) is 5.11 Å². The highest BCUT2D eigenvalue weighted by Gasteiger charge is 2.16. The number of carboxylic acid groups (broad SMARTS) is 1. The number of aryl methyl sites for hydroxylation is 1. The van der Waals surface area contributed by atoms with Gasteiger partial charge in [0.25, 0.3) is 0 Å². The first-order chi connectivity index (χ1) is 8.13. The van der Waals surface area contributed by atoms with Gasteiger partial charge in [-0.2, -0.15) is 0 Å². The third-order valence-corrected chi connectivity index (χ3v) is 2.75. The van der Waals surface area contributed by atoms with Crippen molar-refractivity contribution in [3.05, 3.63) is 35.4 Å². The van der Waals surface area contributed by atoms with Gasteiger partial charge in [-0.25, -0.2) is 0 Å². The minimum Gasteiger partial charge on any atom is -0.481 e. The van der Waals surface area contributed by atoms with Crippen molar-refractivity contribution in [2.75, 3.05) is 0 Å². The quantitative estimate of drug-likeness (QED) is 0.789. The Hall–Kier alpha value is -1.75. The van der Waals surface area contributed by atoms with E-state index in [1.54, 1.807) is 6.92 Å². The maximum atomic E-state index is 11.1. The molecule has 0 saturated carbocycles. The summed E-state index contributed by atoms with van der Waals surface area (Å²) in [5, 5.41) is 9.14. The Morgan fingerprint density at radius 1 is 1.35 bits per heavy atom. The first kappa shape index (κ1) is 13.3. The van der Waals surface area contributed by atoms with Gasteiger partial charge in [-0.1, -0.05) is 29.8 Å². The molecule has 0 aliphatic rings. The van der Waals surface area contributed by atoms with Gasteiger partial charge >= 0.3 is 5.97 Å². The molecule has 2 heteroatoms. The number of rotatable bonds is 5. The molecule has 1 aromatic carbocycles. The summed E-state index contributed by atoms with van der Waals surface area (Å²) in [6.07, 6.45) is 1.85. The van der Waals surface area contributed by atoms with Crippen LogP contribution in [0.5, 0.6) is 0 Å². The third kappa shape index (κ3) is 4.74. The van der Waals surface area contributed by atoms with Crippen LogP contribution in [-0.2, 0) is 11.2 Å². The number of aliphatic carboxylic acids is 1. The Bertz CT molecular complexity index is 420. The zero-order chi connectivity index (χ0) is 12.7. The summed E-state index contributed by atoms with van der Waals surface area (Å²) in [6, 6.07) is 8.02. The highest BCUT2D eigenvalue weighted by atomic mass is 16.4. The maximum absolute atomic E-state index is 11.1. The average molecular weight is 230 g/mol. The van der Waals surface area contributed by atoms with Gasteiger partial charge in [-0.3, -0.25) is 4.79 Å². The van der Waals surface area contributed by atoms with Crippen molar-refractivity contribution in [3.8, 4) is 11.8 Å². The molecule has 0 heterocycles. The van der Waals surface area contributed by atoms with Gasteiger partial charge in [0.05, 0.1) is 5.92 Å². The Morgan fingerprint density at radius 2 is 2.00 bits per heavy atom. The lowest BCUT2D eigenvalue weighted by molar-refractivity contribution is -0.141. The lowest BCUT2D eigenvalue weighted by Gasteiger charge is -2.10. The molecule has 1 rings (SSSR count). The molecule has 0 aliphatic heterocycles. The van der Waals surface area contributed by atoms with Crippen LogP contribution in [0.1, 0.15) is 30.9 Å². The van der Waals surface area contributed by atoms with Crippen LogP contribution in [0.25, 0.3) is 0 Å². The largest absolute Gasteiger partial charge is 0.481 e. The summed E-state index contributed by atoms with van der Waals surface area (Å²) in [5.41, 5.74) is 2.27. The molecule has 1 atom stereocenters. The van der Waals surface area contributed by atoms with E-state index in [-0.39, 0.29) is 5.92 Å². The fraction of sp³-hybridized carbons (Fsp3) is 0.400. The minimum absolute atomic E-state index is 0.335. The molecule has 0 spiro atoms. The fourth-order valence-electron chi connectivity index (χ4n) is 1.69. The van der Waals surface area contributed by atoms with Crippen LogP contribution in [0, 0.1) is 24.7 Å². The predicted molar refractivity (Wildman–Crippen MR) is 68.7 cm³/mol. The zero-order valence-electron chi connectivity index (χ0n) is 10.4. The Kier molecular flexibility index (Phi) is 5.29. The summed E-state index contributed by atoms with van der Waals surface area (Å²) in [6.45, 7) is 3.80.